The third-order valence-electron chi connectivity index (χ3n) is 7.01. The maximum Gasteiger partial charge on any atom is 0.371 e. The molecule has 208 valence electrons. The number of benzene rings is 5. The quantitative estimate of drug-likeness (QED) is 0.191. The number of carboxylic acids is 1. The molecule has 5 aromatic carbocycles. The second-order valence-corrected chi connectivity index (χ2v) is 12.0. The molecule has 0 unspecified atom stereocenters. The predicted octanol–water partition coefficient (Wildman–Crippen LogP) is 8.51. The van der Waals surface area contributed by atoms with Gasteiger partial charge in [-0.15, -0.1) is 0 Å². The van der Waals surface area contributed by atoms with Gasteiger partial charge in [-0.3, -0.25) is 4.31 Å². The normalized spacial score (nSPS) is 11.5. The molecular weight excluding hydrogens is 570 g/mol. The van der Waals surface area contributed by atoms with Crippen LogP contribution in [-0.4, -0.2) is 19.5 Å². The molecule has 0 amide bonds. The molecule has 6 aromatic rings. The van der Waals surface area contributed by atoms with Crippen molar-refractivity contribution in [2.24, 2.45) is 0 Å². The van der Waals surface area contributed by atoms with Gasteiger partial charge >= 0.3 is 5.97 Å². The van der Waals surface area contributed by atoms with Crippen LogP contribution in [0.1, 0.15) is 16.1 Å². The van der Waals surface area contributed by atoms with Crippen LogP contribution >= 0.6 is 11.6 Å². The predicted molar refractivity (Wildman–Crippen MR) is 165 cm³/mol. The molecule has 0 radical (unpaired) electrons. The van der Waals surface area contributed by atoms with E-state index in [1.165, 1.54) is 10.4 Å². The maximum absolute atomic E-state index is 14.2. The van der Waals surface area contributed by atoms with E-state index in [0.29, 0.717) is 21.7 Å². The molecule has 0 fully saturated rings. The largest absolute Gasteiger partial charge is 0.475 e. The molecule has 6 nitrogen and oxygen atoms in total. The van der Waals surface area contributed by atoms with Crippen molar-refractivity contribution in [3.63, 3.8) is 0 Å². The summed E-state index contributed by atoms with van der Waals surface area (Å²) < 4.78 is 35.0. The lowest BCUT2D eigenvalue weighted by atomic mass is 10.0. The Kier molecular flexibility index (Phi) is 7.29. The fourth-order valence-electron chi connectivity index (χ4n) is 4.79. The minimum absolute atomic E-state index is 0.0544. The van der Waals surface area contributed by atoms with Gasteiger partial charge in [0.2, 0.25) is 5.76 Å². The number of nitrogens with zero attached hydrogens (tertiary/aromatic N) is 1. The zero-order valence-electron chi connectivity index (χ0n) is 22.1. The number of sulfonamides is 1. The molecule has 1 N–H and O–H groups in total. The van der Waals surface area contributed by atoms with E-state index < -0.39 is 16.0 Å². The Morgan fingerprint density at radius 2 is 1.29 bits per heavy atom. The highest BCUT2D eigenvalue weighted by Gasteiger charge is 2.26. The number of anilines is 1. The smallest absolute Gasteiger partial charge is 0.371 e. The first-order chi connectivity index (χ1) is 20.3. The second-order valence-electron chi connectivity index (χ2n) is 9.74. The van der Waals surface area contributed by atoms with Crippen LogP contribution in [0.3, 0.4) is 0 Å². The van der Waals surface area contributed by atoms with Crippen LogP contribution in [0.25, 0.3) is 33.2 Å². The zero-order chi connectivity index (χ0) is 29.3. The van der Waals surface area contributed by atoms with Gasteiger partial charge in [-0.1, -0.05) is 90.5 Å². The van der Waals surface area contributed by atoms with Crippen LogP contribution in [-0.2, 0) is 16.6 Å². The molecule has 1 heterocycles. The number of fused-ring (bicyclic) bond motifs is 1. The highest BCUT2D eigenvalue weighted by molar-refractivity contribution is 7.92. The van der Waals surface area contributed by atoms with Gasteiger partial charge in [0.15, 0.2) is 0 Å². The van der Waals surface area contributed by atoms with E-state index in [4.69, 9.17) is 16.0 Å². The lowest BCUT2D eigenvalue weighted by Gasteiger charge is -2.25. The molecule has 0 saturated heterocycles. The number of hydrogen-bond acceptors (Lipinski definition) is 4. The SMILES string of the molecule is O=C(O)c1cc2cc(N(Cc3ccc(-c4ccc(Cl)cc4)cc3)S(=O)(=O)c3ccc(-c4ccccc4)cc3)ccc2o1. The van der Waals surface area contributed by atoms with E-state index >= 15 is 0 Å². The first-order valence-corrected chi connectivity index (χ1v) is 14.9. The van der Waals surface area contributed by atoms with Crippen molar-refractivity contribution in [1.82, 2.24) is 0 Å². The molecule has 8 heteroatoms. The van der Waals surface area contributed by atoms with Crippen LogP contribution in [0.2, 0.25) is 5.02 Å². The summed E-state index contributed by atoms with van der Waals surface area (Å²) in [5.74, 6) is -1.41. The number of rotatable bonds is 8. The minimum Gasteiger partial charge on any atom is -0.475 e. The summed E-state index contributed by atoms with van der Waals surface area (Å²) >= 11 is 6.03. The van der Waals surface area contributed by atoms with Crippen molar-refractivity contribution >= 4 is 44.3 Å². The molecule has 0 aliphatic heterocycles. The first kappa shape index (κ1) is 27.3. The monoisotopic (exact) mass is 593 g/mol. The summed E-state index contributed by atoms with van der Waals surface area (Å²) in [5.41, 5.74) is 5.37. The van der Waals surface area contributed by atoms with Crippen molar-refractivity contribution in [3.8, 4) is 22.3 Å². The van der Waals surface area contributed by atoms with E-state index in [1.54, 1.807) is 42.5 Å². The van der Waals surface area contributed by atoms with E-state index in [1.807, 2.05) is 78.9 Å². The fourth-order valence-corrected chi connectivity index (χ4v) is 6.36. The molecule has 1 aromatic heterocycles. The zero-order valence-corrected chi connectivity index (χ0v) is 23.7. The van der Waals surface area contributed by atoms with Gasteiger partial charge in [0.25, 0.3) is 10.0 Å². The summed E-state index contributed by atoms with van der Waals surface area (Å²) in [5, 5.41) is 10.5. The van der Waals surface area contributed by atoms with E-state index in [0.717, 1.165) is 27.8 Å². The van der Waals surface area contributed by atoms with Crippen molar-refractivity contribution in [2.45, 2.75) is 11.4 Å². The Balaban J connectivity index is 1.38. The van der Waals surface area contributed by atoms with Crippen LogP contribution in [0.5, 0.6) is 0 Å². The Bertz CT molecular complexity index is 1980. The van der Waals surface area contributed by atoms with Crippen LogP contribution in [0.4, 0.5) is 5.69 Å². The summed E-state index contributed by atoms with van der Waals surface area (Å²) in [7, 11) is -4.02. The van der Waals surface area contributed by atoms with Crippen molar-refractivity contribution in [1.29, 1.82) is 0 Å². The summed E-state index contributed by atoms with van der Waals surface area (Å²) in [6.45, 7) is 0.0544. The highest BCUT2D eigenvalue weighted by Crippen LogP contribution is 2.32. The number of carboxylic acid groups (broad SMARTS) is 1. The maximum atomic E-state index is 14.2. The number of furan rings is 1. The molecule has 42 heavy (non-hydrogen) atoms. The van der Waals surface area contributed by atoms with Gasteiger partial charge in [0.1, 0.15) is 5.58 Å². The number of hydrogen-bond donors (Lipinski definition) is 1. The Hall–Kier alpha value is -4.85. The molecule has 0 saturated carbocycles. The number of carbonyl (C=O) groups is 1. The molecule has 0 atom stereocenters. The van der Waals surface area contributed by atoms with Crippen molar-refractivity contribution < 1.29 is 22.7 Å². The van der Waals surface area contributed by atoms with Gasteiger partial charge in [0.05, 0.1) is 17.1 Å². The standard InChI is InChI=1S/C34H24ClNO5S/c35-29-14-10-26(11-15-29)25-8-6-23(7-9-25)22-36(30-16-19-32-28(20-30)21-33(41-32)34(37)38)42(39,40)31-17-12-27(13-18-31)24-4-2-1-3-5-24/h1-21H,22H2,(H,37,38). The average molecular weight is 594 g/mol. The Labute approximate surface area is 248 Å². The summed E-state index contributed by atoms with van der Waals surface area (Å²) in [4.78, 5) is 11.6. The Morgan fingerprint density at radius 3 is 1.90 bits per heavy atom. The molecule has 0 bridgehead atoms. The van der Waals surface area contributed by atoms with E-state index in [-0.39, 0.29) is 17.2 Å². The van der Waals surface area contributed by atoms with Crippen molar-refractivity contribution in [2.75, 3.05) is 4.31 Å². The lowest BCUT2D eigenvalue weighted by Crippen LogP contribution is -2.30. The van der Waals surface area contributed by atoms with E-state index in [9.17, 15) is 18.3 Å². The summed E-state index contributed by atoms with van der Waals surface area (Å²) in [6.07, 6.45) is 0. The number of aromatic carboxylic acids is 1. The minimum atomic E-state index is -4.02. The van der Waals surface area contributed by atoms with Gasteiger partial charge in [-0.25, -0.2) is 13.2 Å². The molecule has 0 spiro atoms. The van der Waals surface area contributed by atoms with Gasteiger partial charge in [-0.2, -0.15) is 0 Å². The summed E-state index contributed by atoms with van der Waals surface area (Å²) in [6, 6.07) is 37.9. The van der Waals surface area contributed by atoms with Crippen molar-refractivity contribution in [3.05, 3.63) is 144 Å². The van der Waals surface area contributed by atoms with Crippen LogP contribution in [0.15, 0.2) is 137 Å². The Morgan fingerprint density at radius 1 is 0.714 bits per heavy atom. The molecule has 0 aliphatic carbocycles. The highest BCUT2D eigenvalue weighted by atomic mass is 35.5. The van der Waals surface area contributed by atoms with Crippen LogP contribution < -0.4 is 4.31 Å². The topological polar surface area (TPSA) is 87.8 Å². The van der Waals surface area contributed by atoms with Gasteiger partial charge in [-0.05, 0) is 76.3 Å². The number of halogens is 1. The molecular formula is C34H24ClNO5S. The third-order valence-corrected chi connectivity index (χ3v) is 9.05. The van der Waals surface area contributed by atoms with Gasteiger partial charge in [0, 0.05) is 10.4 Å². The van der Waals surface area contributed by atoms with E-state index in [2.05, 4.69) is 0 Å². The second kappa shape index (κ2) is 11.2. The van der Waals surface area contributed by atoms with Gasteiger partial charge < -0.3 is 9.52 Å². The fraction of sp³-hybridized carbons (Fsp3) is 0.0294. The lowest BCUT2D eigenvalue weighted by molar-refractivity contribution is 0.0665. The molecule has 0 aliphatic rings. The van der Waals surface area contributed by atoms with Crippen LogP contribution in [0, 0.1) is 0 Å². The third kappa shape index (κ3) is 5.52. The molecule has 6 rings (SSSR count). The first-order valence-electron chi connectivity index (χ1n) is 13.1. The average Bonchev–Trinajstić information content (AvgIpc) is 3.45.